The predicted octanol–water partition coefficient (Wildman–Crippen LogP) is 2.66. The number of Topliss-reactive ketones (excluding diaryl/α,β-unsaturated/α-hetero) is 1. The molecule has 0 unspecified atom stereocenters. The average molecular weight is 446 g/mol. The molecule has 0 radical (unpaired) electrons. The van der Waals surface area contributed by atoms with E-state index in [0.717, 1.165) is 31.5 Å². The molecule has 3 N–H and O–H groups in total. The summed E-state index contributed by atoms with van der Waals surface area (Å²) in [5.74, 6) is -3.87. The van der Waals surface area contributed by atoms with E-state index in [1.165, 1.54) is 10.6 Å². The lowest BCUT2D eigenvalue weighted by Crippen LogP contribution is -2.58. The van der Waals surface area contributed by atoms with Crippen LogP contribution in [0.3, 0.4) is 0 Å². The van der Waals surface area contributed by atoms with Crippen LogP contribution in [0.15, 0.2) is 29.2 Å². The van der Waals surface area contributed by atoms with E-state index in [1.54, 1.807) is 6.92 Å². The Balaban J connectivity index is 1.68. The topological polar surface area (TPSA) is 109 Å². The summed E-state index contributed by atoms with van der Waals surface area (Å²) in [6.45, 7) is 1.30. The van der Waals surface area contributed by atoms with E-state index in [-0.39, 0.29) is 24.3 Å². The zero-order valence-electron chi connectivity index (χ0n) is 17.6. The second-order valence-electron chi connectivity index (χ2n) is 8.87. The highest BCUT2D eigenvalue weighted by Gasteiger charge is 2.56. The third-order valence-corrected chi connectivity index (χ3v) is 6.90. The number of halogens is 2. The minimum Gasteiger partial charge on any atom is -0.503 e. The quantitative estimate of drug-likeness (QED) is 0.672. The molecule has 1 saturated carbocycles. The van der Waals surface area contributed by atoms with E-state index in [1.807, 2.05) is 0 Å². The van der Waals surface area contributed by atoms with Crippen molar-refractivity contribution < 1.29 is 28.6 Å². The second-order valence-corrected chi connectivity index (χ2v) is 8.87. The Morgan fingerprint density at radius 3 is 2.62 bits per heavy atom. The molecule has 2 atom stereocenters. The van der Waals surface area contributed by atoms with Crippen molar-refractivity contribution in [3.63, 3.8) is 0 Å². The molecule has 4 rings (SSSR count). The van der Waals surface area contributed by atoms with Gasteiger partial charge in [0.2, 0.25) is 5.43 Å². The maximum absolute atomic E-state index is 13.8. The molecule has 0 spiro atoms. The van der Waals surface area contributed by atoms with Crippen molar-refractivity contribution in [3.8, 4) is 5.75 Å². The maximum Gasteiger partial charge on any atom is 0.257 e. The standard InChI is InChI=1S/C23H24F2N2O5/c1-22-7-3-2-4-8-23(22,32)12-27-11-15(18(28)19(29)17(27)20(22)30)21(31)26-10-13-5-6-14(24)9-16(13)25/h5-6,9,11,29,32H,2-4,7-8,10,12H2,1H3,(H,26,31)/t22-,23-/m0/s1. The van der Waals surface area contributed by atoms with Crippen LogP contribution in [0.1, 0.15) is 65.4 Å². The first-order valence-electron chi connectivity index (χ1n) is 10.5. The van der Waals surface area contributed by atoms with Crippen LogP contribution in [0.4, 0.5) is 8.78 Å². The van der Waals surface area contributed by atoms with Crippen LogP contribution >= 0.6 is 0 Å². The van der Waals surface area contributed by atoms with E-state index < -0.39 is 51.1 Å². The molecule has 0 saturated heterocycles. The molecule has 1 aromatic heterocycles. The fourth-order valence-electron chi connectivity index (χ4n) is 4.81. The highest BCUT2D eigenvalue weighted by Crippen LogP contribution is 2.49. The van der Waals surface area contributed by atoms with Gasteiger partial charge in [0.1, 0.15) is 22.9 Å². The Labute approximate surface area is 182 Å². The minimum atomic E-state index is -1.37. The van der Waals surface area contributed by atoms with Gasteiger partial charge in [-0.3, -0.25) is 14.4 Å². The summed E-state index contributed by atoms with van der Waals surface area (Å²) in [4.78, 5) is 38.6. The first-order valence-corrected chi connectivity index (χ1v) is 10.5. The lowest BCUT2D eigenvalue weighted by Gasteiger charge is -2.47. The number of amides is 1. The number of benzene rings is 1. The highest BCUT2D eigenvalue weighted by atomic mass is 19.1. The van der Waals surface area contributed by atoms with Crippen LogP contribution < -0.4 is 10.7 Å². The van der Waals surface area contributed by atoms with Crippen molar-refractivity contribution in [1.29, 1.82) is 0 Å². The number of aliphatic hydroxyl groups is 1. The zero-order chi connectivity index (χ0) is 23.3. The van der Waals surface area contributed by atoms with Crippen LogP contribution in [0.5, 0.6) is 5.75 Å². The number of nitrogens with one attached hydrogen (secondary N) is 1. The average Bonchev–Trinajstić information content (AvgIpc) is 2.89. The molecular formula is C23H24F2N2O5. The van der Waals surface area contributed by atoms with Gasteiger partial charge in [-0.2, -0.15) is 0 Å². The molecule has 1 aliphatic heterocycles. The van der Waals surface area contributed by atoms with Crippen molar-refractivity contribution in [2.75, 3.05) is 0 Å². The smallest absolute Gasteiger partial charge is 0.257 e. The summed E-state index contributed by atoms with van der Waals surface area (Å²) < 4.78 is 28.1. The van der Waals surface area contributed by atoms with Gasteiger partial charge < -0.3 is 20.1 Å². The first kappa shape index (κ1) is 22.1. The van der Waals surface area contributed by atoms with Gasteiger partial charge in [-0.25, -0.2) is 8.78 Å². The third kappa shape index (κ3) is 3.40. The van der Waals surface area contributed by atoms with Crippen LogP contribution in [0, 0.1) is 17.0 Å². The predicted molar refractivity (Wildman–Crippen MR) is 110 cm³/mol. The molecule has 1 amide bonds. The normalized spacial score (nSPS) is 24.9. The fourth-order valence-corrected chi connectivity index (χ4v) is 4.81. The minimum absolute atomic E-state index is 0.0146. The molecule has 2 heterocycles. The molecule has 7 nitrogen and oxygen atoms in total. The monoisotopic (exact) mass is 446 g/mol. The molecule has 1 fully saturated rings. The summed E-state index contributed by atoms with van der Waals surface area (Å²) >= 11 is 0. The van der Waals surface area contributed by atoms with Gasteiger partial charge in [-0.15, -0.1) is 0 Å². The number of rotatable bonds is 3. The number of nitrogens with zero attached hydrogens (tertiary/aromatic N) is 1. The van der Waals surface area contributed by atoms with Crippen molar-refractivity contribution in [2.24, 2.45) is 5.41 Å². The maximum atomic E-state index is 13.8. The zero-order valence-corrected chi connectivity index (χ0v) is 17.6. The van der Waals surface area contributed by atoms with Crippen molar-refractivity contribution in [3.05, 3.63) is 63.1 Å². The van der Waals surface area contributed by atoms with Crippen LogP contribution in [-0.4, -0.2) is 32.1 Å². The van der Waals surface area contributed by atoms with Gasteiger partial charge in [0.15, 0.2) is 11.5 Å². The summed E-state index contributed by atoms with van der Waals surface area (Å²) in [6.07, 6.45) is 4.30. The molecule has 170 valence electrons. The first-order chi connectivity index (χ1) is 15.1. The summed E-state index contributed by atoms with van der Waals surface area (Å²) in [7, 11) is 0. The van der Waals surface area contributed by atoms with Gasteiger partial charge in [0, 0.05) is 24.4 Å². The lowest BCUT2D eigenvalue weighted by atomic mass is 9.64. The van der Waals surface area contributed by atoms with Gasteiger partial charge >= 0.3 is 0 Å². The number of hydrogen-bond donors (Lipinski definition) is 3. The highest BCUT2D eigenvalue weighted by molar-refractivity contribution is 6.04. The van der Waals surface area contributed by atoms with E-state index in [4.69, 9.17) is 0 Å². The van der Waals surface area contributed by atoms with Crippen LogP contribution in [0.25, 0.3) is 0 Å². The Hall–Kier alpha value is -3.07. The van der Waals surface area contributed by atoms with E-state index in [9.17, 15) is 33.4 Å². The number of pyridine rings is 1. The molecule has 2 aliphatic rings. The summed E-state index contributed by atoms with van der Waals surface area (Å²) in [5, 5.41) is 24.3. The molecule has 2 aromatic rings. The molecule has 32 heavy (non-hydrogen) atoms. The van der Waals surface area contributed by atoms with Gasteiger partial charge in [-0.1, -0.05) is 25.3 Å². The number of hydrogen-bond acceptors (Lipinski definition) is 5. The number of carbonyl (C=O) groups is 2. The van der Waals surface area contributed by atoms with Gasteiger partial charge in [0.05, 0.1) is 17.6 Å². The molecule has 9 heteroatoms. The number of ketones is 1. The van der Waals surface area contributed by atoms with Crippen molar-refractivity contribution in [1.82, 2.24) is 9.88 Å². The van der Waals surface area contributed by atoms with Crippen molar-refractivity contribution >= 4 is 11.7 Å². The van der Waals surface area contributed by atoms with Gasteiger partial charge in [-0.05, 0) is 25.8 Å². The van der Waals surface area contributed by atoms with Crippen LogP contribution in [-0.2, 0) is 13.1 Å². The van der Waals surface area contributed by atoms with E-state index >= 15 is 0 Å². The number of fused-ring (bicyclic) bond motifs is 2. The third-order valence-electron chi connectivity index (χ3n) is 6.90. The Kier molecular flexibility index (Phi) is 5.40. The Morgan fingerprint density at radius 1 is 1.19 bits per heavy atom. The number of carbonyl (C=O) groups excluding carboxylic acids is 2. The molecule has 1 aromatic carbocycles. The summed E-state index contributed by atoms with van der Waals surface area (Å²) in [6, 6.07) is 2.89. The largest absolute Gasteiger partial charge is 0.503 e. The SMILES string of the molecule is C[C@@]12CCCCC[C@]1(O)Cn1cc(C(=O)NCc3ccc(F)cc3F)c(=O)c(O)c1C2=O. The number of aromatic nitrogens is 1. The second kappa shape index (κ2) is 7.81. The van der Waals surface area contributed by atoms with Crippen LogP contribution in [0.2, 0.25) is 0 Å². The lowest BCUT2D eigenvalue weighted by molar-refractivity contribution is -0.0832. The fraction of sp³-hybridized carbons (Fsp3) is 0.435. The Bertz CT molecular complexity index is 1180. The molecule has 0 bridgehead atoms. The van der Waals surface area contributed by atoms with E-state index in [2.05, 4.69) is 5.32 Å². The molecule has 1 aliphatic carbocycles. The number of aromatic hydroxyl groups is 1. The Morgan fingerprint density at radius 2 is 1.91 bits per heavy atom. The van der Waals surface area contributed by atoms with E-state index in [0.29, 0.717) is 18.9 Å². The van der Waals surface area contributed by atoms with Gasteiger partial charge in [0.25, 0.3) is 5.91 Å². The summed E-state index contributed by atoms with van der Waals surface area (Å²) in [5.41, 5.74) is -4.19. The van der Waals surface area contributed by atoms with Crippen molar-refractivity contribution in [2.45, 2.75) is 57.7 Å². The molecular weight excluding hydrogens is 422 g/mol.